The standard InChI is InChI=1S/C13H23N3O2/c1-5-6-11(17)8-14-13-15-10(4)7-12(16-13)18-9(2)3/h7,9,11,17H,5-6,8H2,1-4H3,(H,14,15,16). The molecule has 0 spiro atoms. The number of aryl methyl sites for hydroxylation is 1. The minimum atomic E-state index is -0.367. The highest BCUT2D eigenvalue weighted by atomic mass is 16.5. The second-order valence-electron chi connectivity index (χ2n) is 4.66. The van der Waals surface area contributed by atoms with Crippen LogP contribution < -0.4 is 10.1 Å². The Morgan fingerprint density at radius 3 is 2.72 bits per heavy atom. The maximum atomic E-state index is 9.65. The van der Waals surface area contributed by atoms with Crippen LogP contribution >= 0.6 is 0 Å². The van der Waals surface area contributed by atoms with Gasteiger partial charge in [-0.1, -0.05) is 13.3 Å². The predicted octanol–water partition coefficient (Wildman–Crippen LogP) is 2.15. The van der Waals surface area contributed by atoms with Crippen molar-refractivity contribution < 1.29 is 9.84 Å². The minimum Gasteiger partial charge on any atom is -0.475 e. The molecule has 0 saturated heterocycles. The van der Waals surface area contributed by atoms with Gasteiger partial charge in [-0.3, -0.25) is 0 Å². The van der Waals surface area contributed by atoms with Crippen LogP contribution in [-0.2, 0) is 0 Å². The van der Waals surface area contributed by atoms with Crippen molar-refractivity contribution in [2.24, 2.45) is 0 Å². The van der Waals surface area contributed by atoms with E-state index in [9.17, 15) is 5.11 Å². The molecule has 5 heteroatoms. The highest BCUT2D eigenvalue weighted by molar-refractivity contribution is 5.30. The van der Waals surface area contributed by atoms with E-state index in [2.05, 4.69) is 15.3 Å². The van der Waals surface area contributed by atoms with Gasteiger partial charge in [0.2, 0.25) is 11.8 Å². The molecule has 18 heavy (non-hydrogen) atoms. The van der Waals surface area contributed by atoms with Crippen LogP contribution in [0.25, 0.3) is 0 Å². The summed E-state index contributed by atoms with van der Waals surface area (Å²) in [6.07, 6.45) is 1.44. The van der Waals surface area contributed by atoms with Crippen LogP contribution in [0.2, 0.25) is 0 Å². The van der Waals surface area contributed by atoms with Crippen LogP contribution in [0.15, 0.2) is 6.07 Å². The number of aliphatic hydroxyl groups excluding tert-OH is 1. The van der Waals surface area contributed by atoms with Gasteiger partial charge in [-0.25, -0.2) is 4.98 Å². The summed E-state index contributed by atoms with van der Waals surface area (Å²) in [6.45, 7) is 8.30. The van der Waals surface area contributed by atoms with Gasteiger partial charge in [0.25, 0.3) is 0 Å². The fraction of sp³-hybridized carbons (Fsp3) is 0.692. The first kappa shape index (κ1) is 14.7. The molecule has 0 amide bonds. The van der Waals surface area contributed by atoms with Crippen molar-refractivity contribution in [2.45, 2.75) is 52.7 Å². The lowest BCUT2D eigenvalue weighted by Crippen LogP contribution is -2.20. The number of rotatable bonds is 7. The Bertz CT molecular complexity index is 369. The molecule has 0 fully saturated rings. The summed E-state index contributed by atoms with van der Waals surface area (Å²) < 4.78 is 5.54. The number of hydrogen-bond acceptors (Lipinski definition) is 5. The summed E-state index contributed by atoms with van der Waals surface area (Å²) in [7, 11) is 0. The predicted molar refractivity (Wildman–Crippen MR) is 71.9 cm³/mol. The van der Waals surface area contributed by atoms with Crippen LogP contribution in [0.1, 0.15) is 39.3 Å². The molecule has 0 saturated carbocycles. The average Bonchev–Trinajstić information content (AvgIpc) is 2.25. The van der Waals surface area contributed by atoms with Gasteiger partial charge in [0.05, 0.1) is 12.2 Å². The van der Waals surface area contributed by atoms with Crippen LogP contribution in [0.3, 0.4) is 0 Å². The largest absolute Gasteiger partial charge is 0.475 e. The van der Waals surface area contributed by atoms with E-state index in [1.807, 2.05) is 27.7 Å². The van der Waals surface area contributed by atoms with E-state index in [1.54, 1.807) is 6.07 Å². The molecule has 1 unspecified atom stereocenters. The molecule has 0 aliphatic heterocycles. The second-order valence-corrected chi connectivity index (χ2v) is 4.66. The zero-order valence-electron chi connectivity index (χ0n) is 11.6. The molecule has 1 aromatic rings. The summed E-state index contributed by atoms with van der Waals surface area (Å²) in [5.74, 6) is 1.06. The van der Waals surface area contributed by atoms with Gasteiger partial charge in [0.15, 0.2) is 0 Å². The zero-order chi connectivity index (χ0) is 13.5. The molecule has 0 bridgehead atoms. The Morgan fingerprint density at radius 1 is 1.39 bits per heavy atom. The third-order valence-corrected chi connectivity index (χ3v) is 2.30. The van der Waals surface area contributed by atoms with Crippen molar-refractivity contribution in [1.82, 2.24) is 9.97 Å². The highest BCUT2D eigenvalue weighted by Gasteiger charge is 2.07. The smallest absolute Gasteiger partial charge is 0.226 e. The summed E-state index contributed by atoms with van der Waals surface area (Å²) in [4.78, 5) is 8.51. The fourth-order valence-electron chi connectivity index (χ4n) is 1.56. The van der Waals surface area contributed by atoms with E-state index >= 15 is 0 Å². The second kappa shape index (κ2) is 7.16. The summed E-state index contributed by atoms with van der Waals surface area (Å²) >= 11 is 0. The number of anilines is 1. The summed E-state index contributed by atoms with van der Waals surface area (Å²) in [5, 5.41) is 12.7. The van der Waals surface area contributed by atoms with Gasteiger partial charge in [0, 0.05) is 18.3 Å². The van der Waals surface area contributed by atoms with Crippen molar-refractivity contribution in [3.63, 3.8) is 0 Å². The number of aromatic nitrogens is 2. The molecule has 1 atom stereocenters. The maximum Gasteiger partial charge on any atom is 0.226 e. The Hall–Kier alpha value is -1.36. The molecule has 2 N–H and O–H groups in total. The van der Waals surface area contributed by atoms with Gasteiger partial charge < -0.3 is 15.2 Å². The van der Waals surface area contributed by atoms with E-state index in [1.165, 1.54) is 0 Å². The van der Waals surface area contributed by atoms with Crippen LogP contribution in [0.5, 0.6) is 5.88 Å². The number of nitrogens with zero attached hydrogens (tertiary/aromatic N) is 2. The van der Waals surface area contributed by atoms with Crippen molar-refractivity contribution in [1.29, 1.82) is 0 Å². The van der Waals surface area contributed by atoms with Crippen molar-refractivity contribution in [2.75, 3.05) is 11.9 Å². The van der Waals surface area contributed by atoms with E-state index in [0.29, 0.717) is 18.4 Å². The molecule has 102 valence electrons. The summed E-state index contributed by atoms with van der Waals surface area (Å²) in [6, 6.07) is 1.80. The normalized spacial score (nSPS) is 12.6. The van der Waals surface area contributed by atoms with Crippen molar-refractivity contribution >= 4 is 5.95 Å². The molecule has 0 aliphatic rings. The van der Waals surface area contributed by atoms with E-state index in [-0.39, 0.29) is 12.2 Å². The van der Waals surface area contributed by atoms with E-state index in [0.717, 1.165) is 18.5 Å². The lowest BCUT2D eigenvalue weighted by molar-refractivity contribution is 0.176. The number of aliphatic hydroxyl groups is 1. The molecule has 1 rings (SSSR count). The van der Waals surface area contributed by atoms with E-state index < -0.39 is 0 Å². The Morgan fingerprint density at radius 2 is 2.11 bits per heavy atom. The number of nitrogens with one attached hydrogen (secondary N) is 1. The highest BCUT2D eigenvalue weighted by Crippen LogP contribution is 2.13. The monoisotopic (exact) mass is 253 g/mol. The first-order valence-corrected chi connectivity index (χ1v) is 6.45. The zero-order valence-corrected chi connectivity index (χ0v) is 11.6. The fourth-order valence-corrected chi connectivity index (χ4v) is 1.56. The van der Waals surface area contributed by atoms with Crippen LogP contribution in [0.4, 0.5) is 5.95 Å². The third kappa shape index (κ3) is 5.31. The lowest BCUT2D eigenvalue weighted by Gasteiger charge is -2.13. The van der Waals surface area contributed by atoms with Gasteiger partial charge in [-0.2, -0.15) is 4.98 Å². The van der Waals surface area contributed by atoms with Gasteiger partial charge in [-0.05, 0) is 27.2 Å². The molecule has 0 aliphatic carbocycles. The third-order valence-electron chi connectivity index (χ3n) is 2.30. The van der Waals surface area contributed by atoms with Crippen molar-refractivity contribution in [3.05, 3.63) is 11.8 Å². The quantitative estimate of drug-likeness (QED) is 0.779. The number of ether oxygens (including phenoxy) is 1. The Kier molecular flexibility index (Phi) is 5.85. The minimum absolute atomic E-state index is 0.0813. The summed E-state index contributed by atoms with van der Waals surface area (Å²) in [5.41, 5.74) is 0.841. The topological polar surface area (TPSA) is 67.3 Å². The van der Waals surface area contributed by atoms with Crippen molar-refractivity contribution in [3.8, 4) is 5.88 Å². The Labute approximate surface area is 109 Å². The van der Waals surface area contributed by atoms with Gasteiger partial charge in [0.1, 0.15) is 0 Å². The van der Waals surface area contributed by atoms with Crippen LogP contribution in [0, 0.1) is 6.92 Å². The molecular weight excluding hydrogens is 230 g/mol. The Balaban J connectivity index is 2.62. The van der Waals surface area contributed by atoms with Crippen LogP contribution in [-0.4, -0.2) is 33.8 Å². The average molecular weight is 253 g/mol. The maximum absolute atomic E-state index is 9.65. The number of hydrogen-bond donors (Lipinski definition) is 2. The van der Waals surface area contributed by atoms with E-state index in [4.69, 9.17) is 4.74 Å². The van der Waals surface area contributed by atoms with Gasteiger partial charge in [-0.15, -0.1) is 0 Å². The first-order valence-electron chi connectivity index (χ1n) is 6.45. The molecule has 5 nitrogen and oxygen atoms in total. The lowest BCUT2D eigenvalue weighted by atomic mass is 10.2. The molecular formula is C13H23N3O2. The van der Waals surface area contributed by atoms with Gasteiger partial charge >= 0.3 is 0 Å². The first-order chi connectivity index (χ1) is 8.51. The molecule has 1 heterocycles. The molecule has 0 aromatic carbocycles. The SMILES string of the molecule is CCCC(O)CNc1nc(C)cc(OC(C)C)n1. The molecule has 0 radical (unpaired) electrons. The molecule has 1 aromatic heterocycles.